The van der Waals surface area contributed by atoms with Crippen LogP contribution in [0.1, 0.15) is 57.2 Å². The van der Waals surface area contributed by atoms with E-state index in [4.69, 9.17) is 0 Å². The summed E-state index contributed by atoms with van der Waals surface area (Å²) in [5.74, 6) is 0. The van der Waals surface area contributed by atoms with Gasteiger partial charge in [-0.15, -0.1) is 11.3 Å². The average molecular weight is 307 g/mol. The fourth-order valence-electron chi connectivity index (χ4n) is 3.22. The van der Waals surface area contributed by atoms with E-state index in [0.717, 1.165) is 18.6 Å². The van der Waals surface area contributed by atoms with Crippen molar-refractivity contribution in [2.24, 2.45) is 5.41 Å². The minimum Gasteiger partial charge on any atom is -0.313 e. The second-order valence-electron chi connectivity index (χ2n) is 7.08. The second-order valence-corrected chi connectivity index (χ2v) is 8.11. The molecule has 0 aliphatic heterocycles. The quantitative estimate of drug-likeness (QED) is 0.694. The lowest BCUT2D eigenvalue weighted by Gasteiger charge is -2.38. The van der Waals surface area contributed by atoms with Crippen LogP contribution in [0, 0.1) is 5.41 Å². The molecule has 0 radical (unpaired) electrons. The minimum absolute atomic E-state index is 0.461. The normalized spacial score (nSPS) is 19.4. The first-order chi connectivity index (χ1) is 10.2. The third kappa shape index (κ3) is 4.30. The molecule has 2 aliphatic rings. The Labute approximate surface area is 133 Å². The third-order valence-corrected chi connectivity index (χ3v) is 6.25. The summed E-state index contributed by atoms with van der Waals surface area (Å²) >= 11 is 1.91. The fraction of sp³-hybridized carbons (Fsp3) is 0.778. The van der Waals surface area contributed by atoms with E-state index in [0.29, 0.717) is 5.41 Å². The maximum atomic E-state index is 3.80. The molecule has 1 N–H and O–H groups in total. The number of thiophene rings is 1. The molecule has 1 heterocycles. The molecule has 1 aromatic rings. The van der Waals surface area contributed by atoms with E-state index in [1.807, 2.05) is 11.3 Å². The largest absolute Gasteiger partial charge is 0.313 e. The molecule has 2 nitrogen and oxygen atoms in total. The van der Waals surface area contributed by atoms with Gasteiger partial charge in [0.05, 0.1) is 0 Å². The van der Waals surface area contributed by atoms with Gasteiger partial charge in [0.15, 0.2) is 0 Å². The summed E-state index contributed by atoms with van der Waals surface area (Å²) in [7, 11) is 0. The molecule has 0 unspecified atom stereocenters. The van der Waals surface area contributed by atoms with Crippen LogP contribution in [0.5, 0.6) is 0 Å². The molecule has 0 amide bonds. The Morgan fingerprint density at radius 2 is 2.00 bits per heavy atom. The summed E-state index contributed by atoms with van der Waals surface area (Å²) in [5, 5.41) is 6.01. The first-order valence-corrected chi connectivity index (χ1v) is 9.62. The van der Waals surface area contributed by atoms with Crippen molar-refractivity contribution in [2.75, 3.05) is 13.1 Å². The maximum Gasteiger partial charge on any atom is 0.0331 e. The van der Waals surface area contributed by atoms with Crippen molar-refractivity contribution in [1.82, 2.24) is 10.2 Å². The maximum absolute atomic E-state index is 3.80. The standard InChI is InChI=1S/C18H30N2S/c1-3-18(4-2,13-19-15-7-8-15)14-20(16-9-10-16)12-17-6-5-11-21-17/h5-6,11,15-16,19H,3-4,7-10,12-14H2,1-2H3. The van der Waals surface area contributed by atoms with Crippen molar-refractivity contribution >= 4 is 11.3 Å². The van der Waals surface area contributed by atoms with Crippen LogP contribution in [-0.2, 0) is 6.54 Å². The first-order valence-electron chi connectivity index (χ1n) is 8.74. The molecule has 1 aromatic heterocycles. The molecule has 2 saturated carbocycles. The smallest absolute Gasteiger partial charge is 0.0331 e. The van der Waals surface area contributed by atoms with Gasteiger partial charge in [0.25, 0.3) is 0 Å². The highest BCUT2D eigenvalue weighted by Gasteiger charge is 2.36. The van der Waals surface area contributed by atoms with E-state index in [1.54, 1.807) is 0 Å². The zero-order valence-corrected chi connectivity index (χ0v) is 14.4. The lowest BCUT2D eigenvalue weighted by Crippen LogP contribution is -2.44. The number of hydrogen-bond donors (Lipinski definition) is 1. The SMILES string of the molecule is CCC(CC)(CNC1CC1)CN(Cc1cccs1)C1CC1. The third-order valence-electron chi connectivity index (χ3n) is 5.38. The van der Waals surface area contributed by atoms with Crippen molar-refractivity contribution in [2.45, 2.75) is 71.0 Å². The molecule has 3 heteroatoms. The van der Waals surface area contributed by atoms with Gasteiger partial charge >= 0.3 is 0 Å². The predicted octanol–water partition coefficient (Wildman–Crippen LogP) is 4.27. The van der Waals surface area contributed by atoms with Crippen molar-refractivity contribution in [3.63, 3.8) is 0 Å². The number of hydrogen-bond acceptors (Lipinski definition) is 3. The van der Waals surface area contributed by atoms with Crippen LogP contribution >= 0.6 is 11.3 Å². The van der Waals surface area contributed by atoms with Crippen molar-refractivity contribution < 1.29 is 0 Å². The monoisotopic (exact) mass is 306 g/mol. The predicted molar refractivity (Wildman–Crippen MR) is 91.8 cm³/mol. The molecule has 2 fully saturated rings. The molecular formula is C18H30N2S. The summed E-state index contributed by atoms with van der Waals surface area (Å²) in [6, 6.07) is 6.16. The van der Waals surface area contributed by atoms with Crippen molar-refractivity contribution in [1.29, 1.82) is 0 Å². The second kappa shape index (κ2) is 6.80. The Morgan fingerprint density at radius 1 is 1.24 bits per heavy atom. The molecule has 21 heavy (non-hydrogen) atoms. The molecule has 118 valence electrons. The topological polar surface area (TPSA) is 15.3 Å². The van der Waals surface area contributed by atoms with Crippen LogP contribution in [0.15, 0.2) is 17.5 Å². The molecule has 2 aliphatic carbocycles. The minimum atomic E-state index is 0.461. The Hall–Kier alpha value is -0.380. The van der Waals surface area contributed by atoms with Crippen LogP contribution in [0.2, 0.25) is 0 Å². The van der Waals surface area contributed by atoms with E-state index < -0.39 is 0 Å². The molecule has 0 spiro atoms. The highest BCUT2D eigenvalue weighted by atomic mass is 32.1. The van der Waals surface area contributed by atoms with Crippen LogP contribution in [0.4, 0.5) is 0 Å². The van der Waals surface area contributed by atoms with Crippen molar-refractivity contribution in [3.8, 4) is 0 Å². The van der Waals surface area contributed by atoms with Gasteiger partial charge in [-0.1, -0.05) is 19.9 Å². The Bertz CT molecular complexity index is 416. The summed E-state index contributed by atoms with van der Waals surface area (Å²) < 4.78 is 0. The van der Waals surface area contributed by atoms with Crippen molar-refractivity contribution in [3.05, 3.63) is 22.4 Å². The molecule has 0 bridgehead atoms. The first kappa shape index (κ1) is 15.5. The molecule has 0 atom stereocenters. The van der Waals surface area contributed by atoms with Gasteiger partial charge in [-0.25, -0.2) is 0 Å². The van der Waals surface area contributed by atoms with Crippen LogP contribution in [0.25, 0.3) is 0 Å². The van der Waals surface area contributed by atoms with Gasteiger partial charge in [-0.2, -0.15) is 0 Å². The molecule has 3 rings (SSSR count). The highest BCUT2D eigenvalue weighted by Crippen LogP contribution is 2.35. The van der Waals surface area contributed by atoms with Gasteiger partial charge in [-0.05, 0) is 55.4 Å². The molecule has 0 aromatic carbocycles. The van der Waals surface area contributed by atoms with E-state index in [1.165, 1.54) is 56.5 Å². The molecule has 0 saturated heterocycles. The number of rotatable bonds is 10. The van der Waals surface area contributed by atoms with Crippen LogP contribution in [-0.4, -0.2) is 30.1 Å². The van der Waals surface area contributed by atoms with Gasteiger partial charge in [0.2, 0.25) is 0 Å². The average Bonchev–Trinajstić information content (AvgIpc) is 3.43. The lowest BCUT2D eigenvalue weighted by molar-refractivity contribution is 0.122. The summed E-state index contributed by atoms with van der Waals surface area (Å²) in [4.78, 5) is 4.30. The van der Waals surface area contributed by atoms with Gasteiger partial charge in [0, 0.05) is 36.6 Å². The van der Waals surface area contributed by atoms with E-state index in [2.05, 4.69) is 41.6 Å². The summed E-state index contributed by atoms with van der Waals surface area (Å²) in [6.45, 7) is 8.40. The number of nitrogens with zero attached hydrogens (tertiary/aromatic N) is 1. The molecular weight excluding hydrogens is 276 g/mol. The van der Waals surface area contributed by atoms with Crippen LogP contribution in [0.3, 0.4) is 0 Å². The fourth-order valence-corrected chi connectivity index (χ4v) is 3.94. The van der Waals surface area contributed by atoms with E-state index in [-0.39, 0.29) is 0 Å². The van der Waals surface area contributed by atoms with Gasteiger partial charge in [0.1, 0.15) is 0 Å². The zero-order chi connectivity index (χ0) is 14.7. The lowest BCUT2D eigenvalue weighted by atomic mass is 9.81. The van der Waals surface area contributed by atoms with E-state index in [9.17, 15) is 0 Å². The van der Waals surface area contributed by atoms with Gasteiger partial charge in [-0.3, -0.25) is 4.90 Å². The Morgan fingerprint density at radius 3 is 2.52 bits per heavy atom. The Balaban J connectivity index is 1.62. The highest BCUT2D eigenvalue weighted by molar-refractivity contribution is 7.09. The number of nitrogens with one attached hydrogen (secondary N) is 1. The Kier molecular flexibility index (Phi) is 5.03. The summed E-state index contributed by atoms with van der Waals surface area (Å²) in [6.07, 6.45) is 8.18. The summed E-state index contributed by atoms with van der Waals surface area (Å²) in [5.41, 5.74) is 0.461. The van der Waals surface area contributed by atoms with Crippen LogP contribution < -0.4 is 5.32 Å². The van der Waals surface area contributed by atoms with E-state index >= 15 is 0 Å². The zero-order valence-electron chi connectivity index (χ0n) is 13.6. The van der Waals surface area contributed by atoms with Gasteiger partial charge < -0.3 is 5.32 Å².